The third kappa shape index (κ3) is 5.11. The molecule has 0 bridgehead atoms. The number of hydrogen-bond donors (Lipinski definition) is 1. The molecular formula is C23H20FN5O2. The van der Waals surface area contributed by atoms with Gasteiger partial charge in [-0.1, -0.05) is 42.5 Å². The highest BCUT2D eigenvalue weighted by molar-refractivity contribution is 5.93. The highest BCUT2D eigenvalue weighted by Crippen LogP contribution is 2.19. The molecule has 0 fully saturated rings. The van der Waals surface area contributed by atoms with E-state index in [2.05, 4.69) is 20.7 Å². The summed E-state index contributed by atoms with van der Waals surface area (Å²) in [7, 11) is 0. The fourth-order valence-corrected chi connectivity index (χ4v) is 2.86. The molecular weight excluding hydrogens is 397 g/mol. The Morgan fingerprint density at radius 3 is 2.58 bits per heavy atom. The van der Waals surface area contributed by atoms with Gasteiger partial charge in [-0.2, -0.15) is 4.80 Å². The molecule has 0 saturated heterocycles. The van der Waals surface area contributed by atoms with Crippen molar-refractivity contribution in [3.63, 3.8) is 0 Å². The van der Waals surface area contributed by atoms with Gasteiger partial charge in [0.15, 0.2) is 0 Å². The average Bonchev–Trinajstić information content (AvgIpc) is 3.29. The summed E-state index contributed by atoms with van der Waals surface area (Å²) in [6, 6.07) is 22.2. The number of amides is 1. The Labute approximate surface area is 178 Å². The van der Waals surface area contributed by atoms with Gasteiger partial charge in [0.25, 0.3) is 5.91 Å². The summed E-state index contributed by atoms with van der Waals surface area (Å²) in [6.45, 7) is 2.12. The summed E-state index contributed by atoms with van der Waals surface area (Å²) in [5, 5.41) is 14.9. The molecule has 0 aliphatic rings. The third-order valence-corrected chi connectivity index (χ3v) is 4.61. The Morgan fingerprint density at radius 1 is 1.06 bits per heavy atom. The van der Waals surface area contributed by atoms with Crippen molar-refractivity contribution in [3.05, 3.63) is 90.2 Å². The van der Waals surface area contributed by atoms with Crippen molar-refractivity contribution in [1.29, 1.82) is 0 Å². The zero-order valence-electron chi connectivity index (χ0n) is 16.8. The molecule has 1 unspecified atom stereocenters. The number of anilines is 1. The van der Waals surface area contributed by atoms with Crippen LogP contribution >= 0.6 is 0 Å². The predicted octanol–water partition coefficient (Wildman–Crippen LogP) is 4.26. The molecule has 1 amide bonds. The number of carbonyl (C=O) groups is 1. The van der Waals surface area contributed by atoms with E-state index in [1.165, 1.54) is 16.9 Å². The van der Waals surface area contributed by atoms with Gasteiger partial charge >= 0.3 is 0 Å². The van der Waals surface area contributed by atoms with E-state index in [4.69, 9.17) is 4.74 Å². The number of carbonyl (C=O) groups excluding carboxylic acids is 1. The van der Waals surface area contributed by atoms with E-state index in [0.717, 1.165) is 5.56 Å². The van der Waals surface area contributed by atoms with Crippen molar-refractivity contribution in [3.8, 4) is 17.1 Å². The Kier molecular flexibility index (Phi) is 5.98. The normalized spacial score (nSPS) is 11.7. The maximum Gasteiger partial charge on any atom is 0.250 e. The number of benzene rings is 3. The summed E-state index contributed by atoms with van der Waals surface area (Å²) in [6.07, 6.45) is 0. The van der Waals surface area contributed by atoms with Crippen LogP contribution in [-0.4, -0.2) is 26.1 Å². The molecule has 4 rings (SSSR count). The van der Waals surface area contributed by atoms with Crippen LogP contribution in [0.4, 0.5) is 10.1 Å². The Morgan fingerprint density at radius 2 is 1.84 bits per heavy atom. The second-order valence-electron chi connectivity index (χ2n) is 6.91. The van der Waals surface area contributed by atoms with E-state index in [1.54, 1.807) is 43.3 Å². The van der Waals surface area contributed by atoms with Gasteiger partial charge in [-0.05, 0) is 54.1 Å². The maximum absolute atomic E-state index is 13.4. The van der Waals surface area contributed by atoms with Crippen LogP contribution in [0.5, 0.6) is 5.75 Å². The second-order valence-corrected chi connectivity index (χ2v) is 6.91. The van der Waals surface area contributed by atoms with Crippen LogP contribution in [0.1, 0.15) is 18.5 Å². The van der Waals surface area contributed by atoms with Gasteiger partial charge in [0.2, 0.25) is 5.82 Å². The maximum atomic E-state index is 13.4. The summed E-state index contributed by atoms with van der Waals surface area (Å²) in [5.41, 5.74) is 2.19. The van der Waals surface area contributed by atoms with Crippen LogP contribution in [0.3, 0.4) is 0 Å². The molecule has 1 atom stereocenters. The molecule has 1 heterocycles. The van der Waals surface area contributed by atoms with Crippen molar-refractivity contribution >= 4 is 11.6 Å². The topological polar surface area (TPSA) is 81.9 Å². The standard InChI is InChI=1S/C23H20FN5O2/c1-16(29-27-22(26-28-29)18-8-5-9-19(24)14-18)23(30)25-20-10-12-21(13-11-20)31-15-17-6-3-2-4-7-17/h2-14,16H,15H2,1H3,(H,25,30). The summed E-state index contributed by atoms with van der Waals surface area (Å²) < 4.78 is 19.1. The zero-order valence-corrected chi connectivity index (χ0v) is 16.8. The van der Waals surface area contributed by atoms with Gasteiger partial charge in [-0.15, -0.1) is 10.2 Å². The van der Waals surface area contributed by atoms with Crippen molar-refractivity contribution in [2.75, 3.05) is 5.32 Å². The Bertz CT molecular complexity index is 1160. The van der Waals surface area contributed by atoms with E-state index in [0.29, 0.717) is 23.6 Å². The van der Waals surface area contributed by atoms with Crippen molar-refractivity contribution in [2.45, 2.75) is 19.6 Å². The van der Waals surface area contributed by atoms with E-state index >= 15 is 0 Å². The van der Waals surface area contributed by atoms with Gasteiger partial charge in [-0.3, -0.25) is 4.79 Å². The lowest BCUT2D eigenvalue weighted by Crippen LogP contribution is -2.25. The van der Waals surface area contributed by atoms with Gasteiger partial charge in [-0.25, -0.2) is 4.39 Å². The molecule has 3 aromatic carbocycles. The highest BCUT2D eigenvalue weighted by atomic mass is 19.1. The van der Waals surface area contributed by atoms with Crippen molar-refractivity contribution < 1.29 is 13.9 Å². The van der Waals surface area contributed by atoms with E-state index in [9.17, 15) is 9.18 Å². The fourth-order valence-electron chi connectivity index (χ4n) is 2.86. The molecule has 1 aromatic heterocycles. The molecule has 156 valence electrons. The minimum Gasteiger partial charge on any atom is -0.489 e. The summed E-state index contributed by atoms with van der Waals surface area (Å²) in [5.74, 6) is 0.253. The molecule has 0 spiro atoms. The molecule has 4 aromatic rings. The number of nitrogens with one attached hydrogen (secondary N) is 1. The summed E-state index contributed by atoms with van der Waals surface area (Å²) in [4.78, 5) is 13.8. The van der Waals surface area contributed by atoms with Crippen molar-refractivity contribution in [1.82, 2.24) is 20.2 Å². The van der Waals surface area contributed by atoms with E-state index < -0.39 is 11.9 Å². The fraction of sp³-hybridized carbons (Fsp3) is 0.130. The number of ether oxygens (including phenoxy) is 1. The molecule has 8 heteroatoms. The molecule has 0 saturated carbocycles. The lowest BCUT2D eigenvalue weighted by molar-refractivity contribution is -0.119. The average molecular weight is 417 g/mol. The van der Waals surface area contributed by atoms with Crippen LogP contribution in [0, 0.1) is 5.82 Å². The van der Waals surface area contributed by atoms with Crippen LogP contribution in [0.25, 0.3) is 11.4 Å². The Balaban J connectivity index is 1.35. The quantitative estimate of drug-likeness (QED) is 0.486. The molecule has 0 aliphatic carbocycles. The van der Waals surface area contributed by atoms with Crippen LogP contribution < -0.4 is 10.1 Å². The number of halogens is 1. The first kappa shape index (κ1) is 20.2. The number of rotatable bonds is 7. The minimum atomic E-state index is -0.705. The number of aromatic nitrogens is 4. The Hall–Kier alpha value is -4.07. The third-order valence-electron chi connectivity index (χ3n) is 4.61. The van der Waals surface area contributed by atoms with Crippen LogP contribution in [0.15, 0.2) is 78.9 Å². The lowest BCUT2D eigenvalue weighted by atomic mass is 10.2. The van der Waals surface area contributed by atoms with Crippen LogP contribution in [0.2, 0.25) is 0 Å². The SMILES string of the molecule is CC(C(=O)Nc1ccc(OCc2ccccc2)cc1)n1nnc(-c2cccc(F)c2)n1. The number of tetrazole rings is 1. The van der Waals surface area contributed by atoms with Crippen molar-refractivity contribution in [2.24, 2.45) is 0 Å². The largest absolute Gasteiger partial charge is 0.489 e. The monoisotopic (exact) mass is 417 g/mol. The molecule has 7 nitrogen and oxygen atoms in total. The molecule has 31 heavy (non-hydrogen) atoms. The summed E-state index contributed by atoms with van der Waals surface area (Å²) >= 11 is 0. The van der Waals surface area contributed by atoms with Gasteiger partial charge in [0.05, 0.1) is 0 Å². The highest BCUT2D eigenvalue weighted by Gasteiger charge is 2.19. The van der Waals surface area contributed by atoms with Gasteiger partial charge in [0.1, 0.15) is 24.2 Å². The van der Waals surface area contributed by atoms with Crippen LogP contribution in [-0.2, 0) is 11.4 Å². The molecule has 1 N–H and O–H groups in total. The number of hydrogen-bond acceptors (Lipinski definition) is 5. The number of nitrogens with zero attached hydrogens (tertiary/aromatic N) is 4. The first-order valence-corrected chi connectivity index (χ1v) is 9.71. The smallest absolute Gasteiger partial charge is 0.250 e. The first-order chi connectivity index (χ1) is 15.1. The molecule has 0 aliphatic heterocycles. The van der Waals surface area contributed by atoms with Gasteiger partial charge in [0, 0.05) is 11.3 Å². The van der Waals surface area contributed by atoms with Gasteiger partial charge < -0.3 is 10.1 Å². The van der Waals surface area contributed by atoms with E-state index in [1.807, 2.05) is 30.3 Å². The first-order valence-electron chi connectivity index (χ1n) is 9.71. The zero-order chi connectivity index (χ0) is 21.6. The predicted molar refractivity (Wildman–Crippen MR) is 114 cm³/mol. The van der Waals surface area contributed by atoms with E-state index in [-0.39, 0.29) is 11.7 Å². The molecule has 0 radical (unpaired) electrons. The second kappa shape index (κ2) is 9.17. The minimum absolute atomic E-state index is 0.249. The lowest BCUT2D eigenvalue weighted by Gasteiger charge is -2.11.